The highest BCUT2D eigenvalue weighted by Crippen LogP contribution is 2.17. The molecule has 13 heavy (non-hydrogen) atoms. The van der Waals surface area contributed by atoms with Gasteiger partial charge in [-0.05, 0) is 25.4 Å². The number of hydrogen-bond acceptors (Lipinski definition) is 4. The Balaban J connectivity index is 1.99. The standard InChI is InChI=1S/C9H14N2O2/c12-6-8-5-11-13-9(8)3-7-1-2-10-4-7/h5,7,10,12H,1-4,6H2. The average Bonchev–Trinajstić information content (AvgIpc) is 2.76. The van der Waals surface area contributed by atoms with Crippen LogP contribution in [-0.4, -0.2) is 23.4 Å². The molecule has 1 fully saturated rings. The molecule has 2 heterocycles. The van der Waals surface area contributed by atoms with E-state index in [-0.39, 0.29) is 6.61 Å². The van der Waals surface area contributed by atoms with Crippen molar-refractivity contribution in [3.63, 3.8) is 0 Å². The minimum Gasteiger partial charge on any atom is -0.391 e. The van der Waals surface area contributed by atoms with Crippen LogP contribution in [0.5, 0.6) is 0 Å². The van der Waals surface area contributed by atoms with Crippen molar-refractivity contribution in [2.24, 2.45) is 5.92 Å². The molecule has 0 bridgehead atoms. The highest BCUT2D eigenvalue weighted by atomic mass is 16.5. The molecule has 1 aliphatic rings. The molecule has 0 amide bonds. The van der Waals surface area contributed by atoms with E-state index in [0.29, 0.717) is 5.92 Å². The average molecular weight is 182 g/mol. The molecular weight excluding hydrogens is 168 g/mol. The Bertz CT molecular complexity index is 266. The van der Waals surface area contributed by atoms with E-state index >= 15 is 0 Å². The molecule has 1 aliphatic heterocycles. The Morgan fingerprint density at radius 1 is 1.69 bits per heavy atom. The second-order valence-electron chi connectivity index (χ2n) is 3.50. The van der Waals surface area contributed by atoms with E-state index in [1.54, 1.807) is 6.20 Å². The minimum atomic E-state index is 0.0268. The van der Waals surface area contributed by atoms with E-state index in [0.717, 1.165) is 30.8 Å². The highest BCUT2D eigenvalue weighted by molar-refractivity contribution is 5.12. The summed E-state index contributed by atoms with van der Waals surface area (Å²) in [6.07, 6.45) is 3.67. The molecule has 0 spiro atoms. The van der Waals surface area contributed by atoms with Crippen LogP contribution >= 0.6 is 0 Å². The van der Waals surface area contributed by atoms with Gasteiger partial charge in [-0.15, -0.1) is 0 Å². The maximum atomic E-state index is 8.97. The minimum absolute atomic E-state index is 0.0268. The Labute approximate surface area is 76.9 Å². The van der Waals surface area contributed by atoms with Crippen molar-refractivity contribution in [1.82, 2.24) is 10.5 Å². The molecule has 1 aromatic heterocycles. The smallest absolute Gasteiger partial charge is 0.142 e. The summed E-state index contributed by atoms with van der Waals surface area (Å²) in [7, 11) is 0. The quantitative estimate of drug-likeness (QED) is 0.706. The van der Waals surface area contributed by atoms with Crippen LogP contribution in [0.1, 0.15) is 17.7 Å². The van der Waals surface area contributed by atoms with E-state index in [2.05, 4.69) is 10.5 Å². The number of aliphatic hydroxyl groups is 1. The number of aliphatic hydroxyl groups excluding tert-OH is 1. The van der Waals surface area contributed by atoms with Crippen LogP contribution in [0.25, 0.3) is 0 Å². The Morgan fingerprint density at radius 3 is 3.31 bits per heavy atom. The lowest BCUT2D eigenvalue weighted by Crippen LogP contribution is -2.11. The lowest BCUT2D eigenvalue weighted by atomic mass is 10.0. The monoisotopic (exact) mass is 182 g/mol. The molecule has 1 aromatic rings. The van der Waals surface area contributed by atoms with E-state index < -0.39 is 0 Å². The molecule has 1 saturated heterocycles. The molecule has 1 atom stereocenters. The molecule has 2 N–H and O–H groups in total. The fourth-order valence-electron chi connectivity index (χ4n) is 1.73. The van der Waals surface area contributed by atoms with Gasteiger partial charge in [-0.25, -0.2) is 0 Å². The summed E-state index contributed by atoms with van der Waals surface area (Å²) in [5.74, 6) is 1.48. The lowest BCUT2D eigenvalue weighted by Gasteiger charge is -2.04. The predicted octanol–water partition coefficient (Wildman–Crippen LogP) is 0.319. The topological polar surface area (TPSA) is 58.3 Å². The molecule has 72 valence electrons. The Kier molecular flexibility index (Phi) is 2.61. The SMILES string of the molecule is OCc1cnoc1CC1CCNC1. The van der Waals surface area contributed by atoms with Gasteiger partial charge in [-0.3, -0.25) is 0 Å². The zero-order valence-corrected chi connectivity index (χ0v) is 7.49. The third-order valence-electron chi connectivity index (χ3n) is 2.54. The number of nitrogens with zero attached hydrogens (tertiary/aromatic N) is 1. The summed E-state index contributed by atoms with van der Waals surface area (Å²) in [6.45, 7) is 2.16. The van der Waals surface area contributed by atoms with Crippen molar-refractivity contribution >= 4 is 0 Å². The van der Waals surface area contributed by atoms with Crippen molar-refractivity contribution in [2.45, 2.75) is 19.4 Å². The Morgan fingerprint density at radius 2 is 2.62 bits per heavy atom. The number of nitrogens with one attached hydrogen (secondary N) is 1. The van der Waals surface area contributed by atoms with Gasteiger partial charge < -0.3 is 14.9 Å². The van der Waals surface area contributed by atoms with E-state index in [4.69, 9.17) is 9.63 Å². The summed E-state index contributed by atoms with van der Waals surface area (Å²) >= 11 is 0. The van der Waals surface area contributed by atoms with Gasteiger partial charge in [-0.1, -0.05) is 5.16 Å². The number of aromatic nitrogens is 1. The number of rotatable bonds is 3. The van der Waals surface area contributed by atoms with Crippen LogP contribution in [0.2, 0.25) is 0 Å². The first-order chi connectivity index (χ1) is 6.40. The van der Waals surface area contributed by atoms with Crippen molar-refractivity contribution < 1.29 is 9.63 Å². The van der Waals surface area contributed by atoms with Crippen LogP contribution in [0, 0.1) is 5.92 Å². The highest BCUT2D eigenvalue weighted by Gasteiger charge is 2.18. The number of hydrogen-bond donors (Lipinski definition) is 2. The molecule has 4 nitrogen and oxygen atoms in total. The largest absolute Gasteiger partial charge is 0.391 e. The van der Waals surface area contributed by atoms with Crippen LogP contribution in [0.4, 0.5) is 0 Å². The molecule has 0 aromatic carbocycles. The van der Waals surface area contributed by atoms with Gasteiger partial charge in [0.25, 0.3) is 0 Å². The van der Waals surface area contributed by atoms with Crippen LogP contribution in [0.3, 0.4) is 0 Å². The van der Waals surface area contributed by atoms with Gasteiger partial charge in [0.05, 0.1) is 12.8 Å². The zero-order valence-electron chi connectivity index (χ0n) is 7.49. The molecule has 0 saturated carbocycles. The van der Waals surface area contributed by atoms with Crippen LogP contribution in [0.15, 0.2) is 10.7 Å². The third-order valence-corrected chi connectivity index (χ3v) is 2.54. The fourth-order valence-corrected chi connectivity index (χ4v) is 1.73. The van der Waals surface area contributed by atoms with Crippen LogP contribution < -0.4 is 5.32 Å². The summed E-state index contributed by atoms with van der Waals surface area (Å²) in [5.41, 5.74) is 0.826. The van der Waals surface area contributed by atoms with Gasteiger partial charge >= 0.3 is 0 Å². The molecular formula is C9H14N2O2. The normalized spacial score (nSPS) is 22.4. The first-order valence-corrected chi connectivity index (χ1v) is 4.64. The molecule has 0 aliphatic carbocycles. The lowest BCUT2D eigenvalue weighted by molar-refractivity contribution is 0.275. The van der Waals surface area contributed by atoms with E-state index in [9.17, 15) is 0 Å². The second kappa shape index (κ2) is 3.89. The summed E-state index contributed by atoms with van der Waals surface area (Å²) in [5, 5.41) is 15.9. The predicted molar refractivity (Wildman–Crippen MR) is 47.1 cm³/mol. The van der Waals surface area contributed by atoms with Crippen molar-refractivity contribution in [2.75, 3.05) is 13.1 Å². The van der Waals surface area contributed by atoms with E-state index in [1.165, 1.54) is 6.42 Å². The Hall–Kier alpha value is -0.870. The van der Waals surface area contributed by atoms with Crippen molar-refractivity contribution in [1.29, 1.82) is 0 Å². The summed E-state index contributed by atoms with van der Waals surface area (Å²) in [6, 6.07) is 0. The van der Waals surface area contributed by atoms with Crippen LogP contribution in [-0.2, 0) is 13.0 Å². The molecule has 2 rings (SSSR count). The summed E-state index contributed by atoms with van der Waals surface area (Å²) in [4.78, 5) is 0. The third kappa shape index (κ3) is 1.89. The molecule has 4 heteroatoms. The maximum Gasteiger partial charge on any atom is 0.142 e. The summed E-state index contributed by atoms with van der Waals surface area (Å²) < 4.78 is 5.08. The first kappa shape index (κ1) is 8.72. The molecule has 1 unspecified atom stereocenters. The first-order valence-electron chi connectivity index (χ1n) is 4.64. The van der Waals surface area contributed by atoms with Crippen molar-refractivity contribution in [3.8, 4) is 0 Å². The van der Waals surface area contributed by atoms with Gasteiger partial charge in [-0.2, -0.15) is 0 Å². The van der Waals surface area contributed by atoms with Gasteiger partial charge in [0, 0.05) is 12.0 Å². The van der Waals surface area contributed by atoms with Gasteiger partial charge in [0.1, 0.15) is 5.76 Å². The zero-order chi connectivity index (χ0) is 9.10. The second-order valence-corrected chi connectivity index (χ2v) is 3.50. The fraction of sp³-hybridized carbons (Fsp3) is 0.667. The van der Waals surface area contributed by atoms with Gasteiger partial charge in [0.15, 0.2) is 0 Å². The molecule has 0 radical (unpaired) electrons. The maximum absolute atomic E-state index is 8.97. The van der Waals surface area contributed by atoms with Crippen molar-refractivity contribution in [3.05, 3.63) is 17.5 Å². The van der Waals surface area contributed by atoms with E-state index in [1.807, 2.05) is 0 Å². The van der Waals surface area contributed by atoms with Gasteiger partial charge in [0.2, 0.25) is 0 Å².